The molecule has 1 aliphatic heterocycles. The maximum absolute atomic E-state index is 11.7. The number of benzene rings is 2. The molecule has 116 valence electrons. The number of carbonyl (C=O) groups is 1. The molecule has 1 N–H and O–H groups in total. The van der Waals surface area contributed by atoms with Gasteiger partial charge in [0.25, 0.3) is 0 Å². The fourth-order valence-electron chi connectivity index (χ4n) is 2.48. The monoisotopic (exact) mass is 319 g/mol. The van der Waals surface area contributed by atoms with Gasteiger partial charge in [-0.05, 0) is 54.8 Å². The number of anilines is 1. The molecule has 0 radical (unpaired) electrons. The summed E-state index contributed by atoms with van der Waals surface area (Å²) in [6.45, 7) is 2.84. The van der Waals surface area contributed by atoms with Crippen molar-refractivity contribution in [3.63, 3.8) is 0 Å². The van der Waals surface area contributed by atoms with Crippen molar-refractivity contribution in [3.8, 4) is 11.5 Å². The van der Waals surface area contributed by atoms with Gasteiger partial charge in [-0.15, -0.1) is 12.4 Å². The van der Waals surface area contributed by atoms with E-state index in [9.17, 15) is 4.79 Å². The zero-order valence-electron chi connectivity index (χ0n) is 12.5. The van der Waals surface area contributed by atoms with E-state index in [1.54, 1.807) is 6.07 Å². The highest BCUT2D eigenvalue weighted by atomic mass is 35.5. The van der Waals surface area contributed by atoms with Crippen LogP contribution in [-0.2, 0) is 11.2 Å². The van der Waals surface area contributed by atoms with Gasteiger partial charge in [0.2, 0.25) is 0 Å². The van der Waals surface area contributed by atoms with Crippen LogP contribution in [0.15, 0.2) is 36.4 Å². The van der Waals surface area contributed by atoms with E-state index in [0.29, 0.717) is 11.3 Å². The second kappa shape index (κ2) is 6.71. The molecule has 0 bridgehead atoms. The summed E-state index contributed by atoms with van der Waals surface area (Å²) >= 11 is 0. The van der Waals surface area contributed by atoms with E-state index in [-0.39, 0.29) is 18.4 Å². The predicted molar refractivity (Wildman–Crippen MR) is 88.5 cm³/mol. The van der Waals surface area contributed by atoms with Crippen LogP contribution in [0.25, 0.3) is 0 Å². The van der Waals surface area contributed by atoms with Crippen LogP contribution in [0.2, 0.25) is 0 Å². The van der Waals surface area contributed by atoms with Crippen LogP contribution in [0, 0.1) is 6.92 Å². The molecule has 0 spiro atoms. The Morgan fingerprint density at radius 2 is 1.86 bits per heavy atom. The van der Waals surface area contributed by atoms with Crippen molar-refractivity contribution in [1.82, 2.24) is 0 Å². The molecule has 0 amide bonds. The summed E-state index contributed by atoms with van der Waals surface area (Å²) in [5.41, 5.74) is 3.82. The number of nitrogens with one attached hydrogen (secondary N) is 1. The molecule has 0 saturated carbocycles. The lowest BCUT2D eigenvalue weighted by molar-refractivity contribution is 0.0599. The van der Waals surface area contributed by atoms with Crippen LogP contribution >= 0.6 is 12.4 Å². The number of methoxy groups -OCH3 is 1. The van der Waals surface area contributed by atoms with Gasteiger partial charge in [-0.25, -0.2) is 4.79 Å². The smallest absolute Gasteiger partial charge is 0.338 e. The van der Waals surface area contributed by atoms with Crippen LogP contribution < -0.4 is 10.1 Å². The number of ether oxygens (including phenoxy) is 2. The molecule has 22 heavy (non-hydrogen) atoms. The van der Waals surface area contributed by atoms with E-state index < -0.39 is 0 Å². The zero-order valence-corrected chi connectivity index (χ0v) is 13.3. The number of hydrogen-bond acceptors (Lipinski definition) is 4. The molecule has 2 aromatic carbocycles. The third-order valence-electron chi connectivity index (χ3n) is 3.64. The van der Waals surface area contributed by atoms with Crippen LogP contribution in [0.3, 0.4) is 0 Å². The predicted octanol–water partition coefficient (Wildman–Crippen LogP) is 3.96. The molecule has 0 saturated heterocycles. The maximum Gasteiger partial charge on any atom is 0.338 e. The lowest BCUT2D eigenvalue weighted by Gasteiger charge is -2.10. The molecule has 3 rings (SSSR count). The minimum atomic E-state index is -0.351. The number of aryl methyl sites for hydroxylation is 1. The first-order valence-corrected chi connectivity index (χ1v) is 6.91. The highest BCUT2D eigenvalue weighted by molar-refractivity contribution is 5.91. The van der Waals surface area contributed by atoms with Gasteiger partial charge in [-0.1, -0.05) is 6.07 Å². The largest absolute Gasteiger partial charge is 0.465 e. The first-order chi connectivity index (χ1) is 10.2. The molecule has 1 aliphatic rings. The molecule has 4 nitrogen and oxygen atoms in total. The fraction of sp³-hybridized carbons (Fsp3) is 0.235. The van der Waals surface area contributed by atoms with Gasteiger partial charge in [0.05, 0.1) is 12.7 Å². The summed E-state index contributed by atoms with van der Waals surface area (Å²) in [6.07, 6.45) is 1.01. The first-order valence-electron chi connectivity index (χ1n) is 6.91. The van der Waals surface area contributed by atoms with Crippen LogP contribution in [-0.4, -0.2) is 19.6 Å². The molecular formula is C17H18ClNO3. The average Bonchev–Trinajstić information content (AvgIpc) is 2.96. The molecule has 1 heterocycles. The van der Waals surface area contributed by atoms with Gasteiger partial charge in [0.1, 0.15) is 11.5 Å². The summed E-state index contributed by atoms with van der Waals surface area (Å²) in [7, 11) is 1.38. The molecular weight excluding hydrogens is 302 g/mol. The van der Waals surface area contributed by atoms with Gasteiger partial charge in [0, 0.05) is 12.2 Å². The molecule has 0 aliphatic carbocycles. The van der Waals surface area contributed by atoms with Crippen molar-refractivity contribution in [3.05, 3.63) is 53.1 Å². The minimum Gasteiger partial charge on any atom is -0.465 e. The molecule has 2 aromatic rings. The molecule has 0 unspecified atom stereocenters. The van der Waals surface area contributed by atoms with Crippen LogP contribution in [0.5, 0.6) is 11.5 Å². The van der Waals surface area contributed by atoms with Gasteiger partial charge >= 0.3 is 5.97 Å². The van der Waals surface area contributed by atoms with Crippen molar-refractivity contribution < 1.29 is 14.3 Å². The van der Waals surface area contributed by atoms with Crippen molar-refractivity contribution in [2.45, 2.75) is 13.3 Å². The van der Waals surface area contributed by atoms with E-state index in [1.807, 2.05) is 37.3 Å². The van der Waals surface area contributed by atoms with Gasteiger partial charge < -0.3 is 14.8 Å². The van der Waals surface area contributed by atoms with Crippen molar-refractivity contribution in [1.29, 1.82) is 0 Å². The Morgan fingerprint density at radius 1 is 1.14 bits per heavy atom. The highest BCUT2D eigenvalue weighted by Gasteiger charge is 2.13. The Hall–Kier alpha value is -2.20. The Labute approximate surface area is 135 Å². The van der Waals surface area contributed by atoms with E-state index in [1.165, 1.54) is 18.4 Å². The lowest BCUT2D eigenvalue weighted by Crippen LogP contribution is -2.03. The summed E-state index contributed by atoms with van der Waals surface area (Å²) in [4.78, 5) is 11.7. The first kappa shape index (κ1) is 16.2. The standard InChI is InChI=1S/C17H17NO3.ClH/c1-11-3-4-14(10-15(11)17(19)20-2)21-13-5-6-16-12(9-13)7-8-18-16;/h3-6,9-10,18H,7-8H2,1-2H3;1H. The average molecular weight is 320 g/mol. The summed E-state index contributed by atoms with van der Waals surface area (Å²) in [5, 5.41) is 3.31. The molecule has 0 atom stereocenters. The normalized spacial score (nSPS) is 11.9. The van der Waals surface area contributed by atoms with Gasteiger partial charge in [-0.2, -0.15) is 0 Å². The Bertz CT molecular complexity index is 700. The van der Waals surface area contributed by atoms with Crippen LogP contribution in [0.1, 0.15) is 21.5 Å². The van der Waals surface area contributed by atoms with Gasteiger partial charge in [-0.3, -0.25) is 0 Å². The van der Waals surface area contributed by atoms with Gasteiger partial charge in [0.15, 0.2) is 0 Å². The quantitative estimate of drug-likeness (QED) is 0.870. The van der Waals surface area contributed by atoms with Crippen molar-refractivity contribution >= 4 is 24.1 Å². The minimum absolute atomic E-state index is 0. The number of esters is 1. The van der Waals surface area contributed by atoms with E-state index in [4.69, 9.17) is 9.47 Å². The van der Waals surface area contributed by atoms with E-state index >= 15 is 0 Å². The van der Waals surface area contributed by atoms with Crippen LogP contribution in [0.4, 0.5) is 5.69 Å². The summed E-state index contributed by atoms with van der Waals surface area (Å²) in [5.74, 6) is 1.06. The lowest BCUT2D eigenvalue weighted by atomic mass is 10.1. The Kier molecular flexibility index (Phi) is 4.93. The van der Waals surface area contributed by atoms with E-state index in [2.05, 4.69) is 5.32 Å². The summed E-state index contributed by atoms with van der Waals surface area (Å²) in [6, 6.07) is 11.4. The Morgan fingerprint density at radius 3 is 2.64 bits per heavy atom. The number of carbonyl (C=O) groups excluding carboxylic acids is 1. The summed E-state index contributed by atoms with van der Waals surface area (Å²) < 4.78 is 10.6. The third kappa shape index (κ3) is 3.17. The van der Waals surface area contributed by atoms with Crippen molar-refractivity contribution in [2.24, 2.45) is 0 Å². The number of hydrogen-bond donors (Lipinski definition) is 1. The number of halogens is 1. The SMILES string of the molecule is COC(=O)c1cc(Oc2ccc3c(c2)CCN3)ccc1C.Cl. The molecule has 5 heteroatoms. The number of rotatable bonds is 3. The molecule has 0 fully saturated rings. The fourth-order valence-corrected chi connectivity index (χ4v) is 2.48. The third-order valence-corrected chi connectivity index (χ3v) is 3.64. The van der Waals surface area contributed by atoms with Crippen molar-refractivity contribution in [2.75, 3.05) is 19.0 Å². The maximum atomic E-state index is 11.7. The zero-order chi connectivity index (χ0) is 14.8. The second-order valence-electron chi connectivity index (χ2n) is 5.07. The van der Waals surface area contributed by atoms with E-state index in [0.717, 1.165) is 24.3 Å². The highest BCUT2D eigenvalue weighted by Crippen LogP contribution is 2.30. The Balaban J connectivity index is 0.00000176. The second-order valence-corrected chi connectivity index (χ2v) is 5.07. The number of fused-ring (bicyclic) bond motifs is 1. The molecule has 0 aromatic heterocycles. The topological polar surface area (TPSA) is 47.6 Å².